The predicted octanol–water partition coefficient (Wildman–Crippen LogP) is 4.27. The van der Waals surface area contributed by atoms with E-state index in [-0.39, 0.29) is 0 Å². The van der Waals surface area contributed by atoms with Gasteiger partial charge in [-0.05, 0) is 36.7 Å². The molecule has 2 aromatic rings. The minimum absolute atomic E-state index is 0.626. The SMILES string of the molecule is COc1cc(C)c2c(ccn2COCC[Si](C)(C)C)c1. The molecule has 1 aromatic heterocycles. The second-order valence-electron chi connectivity index (χ2n) is 6.52. The molecule has 0 saturated carbocycles. The van der Waals surface area contributed by atoms with Crippen molar-refractivity contribution >= 4 is 19.0 Å². The molecule has 0 amide bonds. The van der Waals surface area contributed by atoms with Crippen LogP contribution in [0.15, 0.2) is 24.4 Å². The summed E-state index contributed by atoms with van der Waals surface area (Å²) in [7, 11) is 0.698. The van der Waals surface area contributed by atoms with E-state index in [0.29, 0.717) is 6.73 Å². The third-order valence-corrected chi connectivity index (χ3v) is 5.19. The van der Waals surface area contributed by atoms with E-state index in [4.69, 9.17) is 9.47 Å². The number of aromatic nitrogens is 1. The number of nitrogens with zero attached hydrogens (tertiary/aromatic N) is 1. The van der Waals surface area contributed by atoms with Crippen molar-refractivity contribution in [2.45, 2.75) is 39.3 Å². The van der Waals surface area contributed by atoms with Gasteiger partial charge in [-0.1, -0.05) is 19.6 Å². The van der Waals surface area contributed by atoms with Crippen LogP contribution in [0.2, 0.25) is 25.7 Å². The number of ether oxygens (including phenoxy) is 2. The van der Waals surface area contributed by atoms with Gasteiger partial charge in [-0.3, -0.25) is 0 Å². The minimum Gasteiger partial charge on any atom is -0.497 e. The normalized spacial score (nSPS) is 12.1. The van der Waals surface area contributed by atoms with Gasteiger partial charge in [0.25, 0.3) is 0 Å². The first-order valence-electron chi connectivity index (χ1n) is 7.12. The molecule has 1 heterocycles. The Hall–Kier alpha value is -1.26. The van der Waals surface area contributed by atoms with Crippen molar-refractivity contribution < 1.29 is 9.47 Å². The highest BCUT2D eigenvalue weighted by Crippen LogP contribution is 2.26. The molecule has 0 saturated heterocycles. The lowest BCUT2D eigenvalue weighted by Gasteiger charge is -2.16. The molecule has 0 radical (unpaired) electrons. The van der Waals surface area contributed by atoms with Crippen LogP contribution in [0, 0.1) is 6.92 Å². The maximum absolute atomic E-state index is 5.84. The van der Waals surface area contributed by atoms with Crippen molar-refractivity contribution in [2.24, 2.45) is 0 Å². The van der Waals surface area contributed by atoms with Gasteiger partial charge in [0.2, 0.25) is 0 Å². The van der Waals surface area contributed by atoms with E-state index in [1.807, 2.05) is 0 Å². The monoisotopic (exact) mass is 291 g/mol. The fraction of sp³-hybridized carbons (Fsp3) is 0.500. The highest BCUT2D eigenvalue weighted by atomic mass is 28.3. The van der Waals surface area contributed by atoms with Crippen molar-refractivity contribution in [3.8, 4) is 5.75 Å². The lowest BCUT2D eigenvalue weighted by Crippen LogP contribution is -2.22. The Labute approximate surface area is 122 Å². The Morgan fingerprint density at radius 2 is 1.95 bits per heavy atom. The number of fused-ring (bicyclic) bond motifs is 1. The molecule has 0 spiro atoms. The van der Waals surface area contributed by atoms with Crippen LogP contribution >= 0.6 is 0 Å². The van der Waals surface area contributed by atoms with Gasteiger partial charge in [0.05, 0.1) is 12.6 Å². The Kier molecular flexibility index (Phi) is 4.55. The van der Waals surface area contributed by atoms with Crippen LogP contribution in [0.5, 0.6) is 5.75 Å². The van der Waals surface area contributed by atoms with E-state index in [2.05, 4.69) is 55.5 Å². The third kappa shape index (κ3) is 3.64. The summed E-state index contributed by atoms with van der Waals surface area (Å²) in [5.74, 6) is 0.910. The van der Waals surface area contributed by atoms with Crippen molar-refractivity contribution in [3.63, 3.8) is 0 Å². The summed E-state index contributed by atoms with van der Waals surface area (Å²) in [6.07, 6.45) is 2.09. The molecule has 20 heavy (non-hydrogen) atoms. The fourth-order valence-electron chi connectivity index (χ4n) is 2.30. The second-order valence-corrected chi connectivity index (χ2v) is 12.1. The van der Waals surface area contributed by atoms with Gasteiger partial charge in [-0.15, -0.1) is 0 Å². The molecular formula is C16H25NO2Si. The number of hydrogen-bond donors (Lipinski definition) is 0. The van der Waals surface area contributed by atoms with Crippen LogP contribution in [-0.2, 0) is 11.5 Å². The highest BCUT2D eigenvalue weighted by molar-refractivity contribution is 6.76. The van der Waals surface area contributed by atoms with Crippen molar-refractivity contribution in [1.82, 2.24) is 4.57 Å². The Morgan fingerprint density at radius 1 is 1.20 bits per heavy atom. The number of aryl methyl sites for hydroxylation is 1. The van der Waals surface area contributed by atoms with Crippen LogP contribution in [0.3, 0.4) is 0 Å². The van der Waals surface area contributed by atoms with Crippen molar-refractivity contribution in [1.29, 1.82) is 0 Å². The summed E-state index contributed by atoms with van der Waals surface area (Å²) in [5.41, 5.74) is 2.46. The van der Waals surface area contributed by atoms with E-state index >= 15 is 0 Å². The molecule has 0 atom stereocenters. The van der Waals surface area contributed by atoms with Crippen LogP contribution in [0.25, 0.3) is 10.9 Å². The molecule has 1 aromatic carbocycles. The molecule has 0 aliphatic rings. The van der Waals surface area contributed by atoms with E-state index in [1.165, 1.54) is 22.5 Å². The maximum atomic E-state index is 5.84. The van der Waals surface area contributed by atoms with E-state index in [9.17, 15) is 0 Å². The maximum Gasteiger partial charge on any atom is 0.122 e. The minimum atomic E-state index is -1.01. The van der Waals surface area contributed by atoms with Crippen LogP contribution in [-0.4, -0.2) is 26.4 Å². The number of benzene rings is 1. The summed E-state index contributed by atoms with van der Waals surface area (Å²) in [5, 5.41) is 1.20. The quantitative estimate of drug-likeness (QED) is 0.586. The summed E-state index contributed by atoms with van der Waals surface area (Å²) in [4.78, 5) is 0. The van der Waals surface area contributed by atoms with Crippen LogP contribution < -0.4 is 4.74 Å². The third-order valence-electron chi connectivity index (χ3n) is 3.49. The predicted molar refractivity (Wildman–Crippen MR) is 87.3 cm³/mol. The first kappa shape index (κ1) is 15.1. The Morgan fingerprint density at radius 3 is 2.60 bits per heavy atom. The summed E-state index contributed by atoms with van der Waals surface area (Å²) >= 11 is 0. The fourth-order valence-corrected chi connectivity index (χ4v) is 3.06. The molecule has 0 unspecified atom stereocenters. The number of methoxy groups -OCH3 is 1. The molecule has 110 valence electrons. The topological polar surface area (TPSA) is 23.4 Å². The molecule has 4 heteroatoms. The number of hydrogen-bond acceptors (Lipinski definition) is 2. The van der Waals surface area contributed by atoms with Gasteiger partial charge in [0, 0.05) is 26.3 Å². The Bertz CT molecular complexity index is 584. The zero-order valence-electron chi connectivity index (χ0n) is 13.2. The molecule has 0 aliphatic heterocycles. The first-order valence-corrected chi connectivity index (χ1v) is 10.8. The average Bonchev–Trinajstić information content (AvgIpc) is 2.77. The molecule has 2 rings (SSSR count). The Balaban J connectivity index is 2.08. The lowest BCUT2D eigenvalue weighted by atomic mass is 10.1. The zero-order chi connectivity index (χ0) is 14.8. The highest BCUT2D eigenvalue weighted by Gasteiger charge is 2.12. The van der Waals surface area contributed by atoms with E-state index in [1.54, 1.807) is 7.11 Å². The second kappa shape index (κ2) is 6.02. The molecule has 0 aliphatic carbocycles. The molecule has 0 fully saturated rings. The van der Waals surface area contributed by atoms with Crippen LogP contribution in [0.4, 0.5) is 0 Å². The van der Waals surface area contributed by atoms with Crippen LogP contribution in [0.1, 0.15) is 5.56 Å². The number of rotatable bonds is 6. The largest absolute Gasteiger partial charge is 0.497 e. The van der Waals surface area contributed by atoms with Gasteiger partial charge in [-0.25, -0.2) is 0 Å². The summed E-state index contributed by atoms with van der Waals surface area (Å²) < 4.78 is 13.3. The van der Waals surface area contributed by atoms with E-state index < -0.39 is 8.07 Å². The van der Waals surface area contributed by atoms with Gasteiger partial charge in [0.15, 0.2) is 0 Å². The standard InChI is InChI=1S/C16H25NO2Si/c1-13-10-15(18-2)11-14-6-7-17(16(13)14)12-19-8-9-20(3,4)5/h6-7,10-11H,8-9,12H2,1-5H3. The van der Waals surface area contributed by atoms with Crippen molar-refractivity contribution in [3.05, 3.63) is 30.0 Å². The molecule has 3 nitrogen and oxygen atoms in total. The zero-order valence-corrected chi connectivity index (χ0v) is 14.2. The van der Waals surface area contributed by atoms with Gasteiger partial charge in [-0.2, -0.15) is 0 Å². The smallest absolute Gasteiger partial charge is 0.122 e. The van der Waals surface area contributed by atoms with Gasteiger partial charge in [0.1, 0.15) is 12.5 Å². The van der Waals surface area contributed by atoms with Crippen molar-refractivity contribution in [2.75, 3.05) is 13.7 Å². The van der Waals surface area contributed by atoms with Gasteiger partial charge >= 0.3 is 0 Å². The summed E-state index contributed by atoms with van der Waals surface area (Å²) in [6.45, 7) is 10.7. The average molecular weight is 291 g/mol. The molecule has 0 bridgehead atoms. The van der Waals surface area contributed by atoms with E-state index in [0.717, 1.165) is 12.4 Å². The molecular weight excluding hydrogens is 266 g/mol. The first-order chi connectivity index (χ1) is 9.40. The van der Waals surface area contributed by atoms with Gasteiger partial charge < -0.3 is 14.0 Å². The summed E-state index contributed by atoms with van der Waals surface area (Å²) in [6, 6.07) is 7.47. The lowest BCUT2D eigenvalue weighted by molar-refractivity contribution is 0.0902. The molecule has 0 N–H and O–H groups in total.